The van der Waals surface area contributed by atoms with E-state index in [1.165, 1.54) is 25.4 Å². The van der Waals surface area contributed by atoms with Crippen LogP contribution in [0.5, 0.6) is 11.6 Å². The predicted molar refractivity (Wildman–Crippen MR) is 127 cm³/mol. The third-order valence-corrected chi connectivity index (χ3v) is 6.35. The van der Waals surface area contributed by atoms with Crippen LogP contribution in [0.4, 0.5) is 10.1 Å². The monoisotopic (exact) mass is 474 g/mol. The zero-order chi connectivity index (χ0) is 24.5. The Morgan fingerprint density at radius 2 is 1.94 bits per heavy atom. The number of hydrogen-bond acceptors (Lipinski definition) is 7. The zero-order valence-electron chi connectivity index (χ0n) is 19.3. The summed E-state index contributed by atoms with van der Waals surface area (Å²) >= 11 is 0. The van der Waals surface area contributed by atoms with Gasteiger partial charge in [0.1, 0.15) is 28.8 Å². The molecule has 0 radical (unpaired) electrons. The van der Waals surface area contributed by atoms with Gasteiger partial charge in [0.05, 0.1) is 43.6 Å². The molecule has 1 atom stereocenters. The standard InChI is InChI=1S/C25H23FN6O3/c1-34-21-8-4-7-20-23(21)31(15-19-24(35-2)29-11-10-28-19)25(33)32(20)17-9-12-30(14-17)22-16(13-27)5-3-6-18(22)26/h3-8,10-11,17H,9,12,14-15H2,1-2H3. The predicted octanol–water partition coefficient (Wildman–Crippen LogP) is 3.12. The summed E-state index contributed by atoms with van der Waals surface area (Å²) in [7, 11) is 3.06. The molecule has 0 saturated carbocycles. The molecule has 35 heavy (non-hydrogen) atoms. The van der Waals surface area contributed by atoms with Gasteiger partial charge in [-0.2, -0.15) is 5.26 Å². The smallest absolute Gasteiger partial charge is 0.329 e. The van der Waals surface area contributed by atoms with Crippen molar-refractivity contribution >= 4 is 16.7 Å². The van der Waals surface area contributed by atoms with E-state index in [1.807, 2.05) is 17.0 Å². The number of aromatic nitrogens is 4. The lowest BCUT2D eigenvalue weighted by Gasteiger charge is -2.21. The summed E-state index contributed by atoms with van der Waals surface area (Å²) in [6, 6.07) is 11.8. The van der Waals surface area contributed by atoms with E-state index >= 15 is 0 Å². The lowest BCUT2D eigenvalue weighted by atomic mass is 10.1. The van der Waals surface area contributed by atoms with Crippen LogP contribution in [0.15, 0.2) is 53.6 Å². The maximum atomic E-state index is 14.7. The van der Waals surface area contributed by atoms with Crippen molar-refractivity contribution in [2.45, 2.75) is 19.0 Å². The average Bonchev–Trinajstić information content (AvgIpc) is 3.46. The first-order valence-corrected chi connectivity index (χ1v) is 11.1. The number of fused-ring (bicyclic) bond motifs is 1. The van der Waals surface area contributed by atoms with Crippen LogP contribution in [0.1, 0.15) is 23.7 Å². The molecule has 9 nitrogen and oxygen atoms in total. The first-order chi connectivity index (χ1) is 17.1. The molecule has 1 fully saturated rings. The summed E-state index contributed by atoms with van der Waals surface area (Å²) < 4.78 is 28.9. The average molecular weight is 474 g/mol. The number of nitrogens with zero attached hydrogens (tertiary/aromatic N) is 6. The van der Waals surface area contributed by atoms with Crippen LogP contribution in [0.25, 0.3) is 11.0 Å². The van der Waals surface area contributed by atoms with Gasteiger partial charge in [0, 0.05) is 25.5 Å². The summed E-state index contributed by atoms with van der Waals surface area (Å²) in [5.41, 5.74) is 2.17. The third kappa shape index (κ3) is 3.75. The van der Waals surface area contributed by atoms with Crippen molar-refractivity contribution in [3.63, 3.8) is 0 Å². The quantitative estimate of drug-likeness (QED) is 0.423. The van der Waals surface area contributed by atoms with Crippen LogP contribution >= 0.6 is 0 Å². The second-order valence-electron chi connectivity index (χ2n) is 8.22. The Balaban J connectivity index is 1.60. The van der Waals surface area contributed by atoms with E-state index in [2.05, 4.69) is 16.0 Å². The summed E-state index contributed by atoms with van der Waals surface area (Å²) in [5, 5.41) is 9.48. The molecule has 0 bridgehead atoms. The molecule has 0 N–H and O–H groups in total. The normalized spacial score (nSPS) is 15.4. The molecule has 5 rings (SSSR count). The van der Waals surface area contributed by atoms with E-state index in [1.54, 1.807) is 34.6 Å². The molecular weight excluding hydrogens is 451 g/mol. The van der Waals surface area contributed by atoms with Gasteiger partial charge in [-0.25, -0.2) is 14.2 Å². The minimum atomic E-state index is -0.448. The Bertz CT molecular complexity index is 1510. The molecule has 1 aliphatic rings. The highest BCUT2D eigenvalue weighted by atomic mass is 19.1. The van der Waals surface area contributed by atoms with Crippen molar-refractivity contribution in [1.82, 2.24) is 19.1 Å². The second kappa shape index (κ2) is 9.10. The van der Waals surface area contributed by atoms with Crippen molar-refractivity contribution in [3.05, 3.63) is 76.4 Å². The van der Waals surface area contributed by atoms with E-state index in [4.69, 9.17) is 9.47 Å². The van der Waals surface area contributed by atoms with Crippen LogP contribution in [-0.2, 0) is 6.54 Å². The Labute approximate surface area is 200 Å². The Kier molecular flexibility index (Phi) is 5.82. The maximum Gasteiger partial charge on any atom is 0.329 e. The molecule has 10 heteroatoms. The van der Waals surface area contributed by atoms with Crippen molar-refractivity contribution in [3.8, 4) is 17.7 Å². The van der Waals surface area contributed by atoms with E-state index < -0.39 is 5.82 Å². The molecular formula is C25H23FN6O3. The summed E-state index contributed by atoms with van der Waals surface area (Å²) in [4.78, 5) is 24.2. The van der Waals surface area contributed by atoms with E-state index in [-0.39, 0.29) is 29.5 Å². The highest BCUT2D eigenvalue weighted by molar-refractivity contribution is 5.83. The minimum absolute atomic E-state index is 0.141. The molecule has 2 aromatic carbocycles. The highest BCUT2D eigenvalue weighted by Gasteiger charge is 2.31. The molecule has 4 aromatic rings. The molecule has 178 valence electrons. The molecule has 3 heterocycles. The Morgan fingerprint density at radius 1 is 1.14 bits per heavy atom. The lowest BCUT2D eigenvalue weighted by Crippen LogP contribution is -2.30. The van der Waals surface area contributed by atoms with Crippen molar-refractivity contribution in [1.29, 1.82) is 5.26 Å². The minimum Gasteiger partial charge on any atom is -0.494 e. The van der Waals surface area contributed by atoms with E-state index in [9.17, 15) is 14.4 Å². The van der Waals surface area contributed by atoms with Crippen LogP contribution in [-0.4, -0.2) is 46.4 Å². The van der Waals surface area contributed by atoms with Gasteiger partial charge >= 0.3 is 5.69 Å². The number of rotatable bonds is 6. The van der Waals surface area contributed by atoms with Crippen molar-refractivity contribution in [2.24, 2.45) is 0 Å². The van der Waals surface area contributed by atoms with E-state index in [0.717, 1.165) is 0 Å². The number of para-hydroxylation sites is 2. The third-order valence-electron chi connectivity index (χ3n) is 6.35. The van der Waals surface area contributed by atoms with Crippen LogP contribution < -0.4 is 20.1 Å². The van der Waals surface area contributed by atoms with Gasteiger partial charge in [-0.05, 0) is 30.7 Å². The number of benzene rings is 2. The summed E-state index contributed by atoms with van der Waals surface area (Å²) in [6.45, 7) is 1.05. The molecule has 0 aliphatic carbocycles. The number of halogens is 1. The molecule has 1 unspecified atom stereocenters. The largest absolute Gasteiger partial charge is 0.494 e. The second-order valence-corrected chi connectivity index (χ2v) is 8.22. The molecule has 1 saturated heterocycles. The van der Waals surface area contributed by atoms with Crippen LogP contribution in [0.3, 0.4) is 0 Å². The fourth-order valence-corrected chi connectivity index (χ4v) is 4.83. The van der Waals surface area contributed by atoms with Gasteiger partial charge in [0.2, 0.25) is 5.88 Å². The van der Waals surface area contributed by atoms with Gasteiger partial charge in [-0.15, -0.1) is 0 Å². The number of nitriles is 1. The lowest BCUT2D eigenvalue weighted by molar-refractivity contribution is 0.387. The van der Waals surface area contributed by atoms with Crippen molar-refractivity contribution < 1.29 is 13.9 Å². The number of methoxy groups -OCH3 is 2. The Morgan fingerprint density at radius 3 is 2.71 bits per heavy atom. The molecule has 2 aromatic heterocycles. The number of imidazole rings is 1. The van der Waals surface area contributed by atoms with Gasteiger partial charge < -0.3 is 14.4 Å². The van der Waals surface area contributed by atoms with Gasteiger partial charge in [0.15, 0.2) is 0 Å². The molecule has 1 aliphatic heterocycles. The summed E-state index contributed by atoms with van der Waals surface area (Å²) in [5.74, 6) is 0.443. The fraction of sp³-hybridized carbons (Fsp3) is 0.280. The SMILES string of the molecule is COc1nccnc1Cn1c(=O)n(C2CCN(c3c(F)cccc3C#N)C2)c2cccc(OC)c21. The fourth-order valence-electron chi connectivity index (χ4n) is 4.83. The zero-order valence-corrected chi connectivity index (χ0v) is 19.3. The number of anilines is 1. The first-order valence-electron chi connectivity index (χ1n) is 11.1. The van der Waals surface area contributed by atoms with Gasteiger partial charge in [-0.3, -0.25) is 14.1 Å². The highest BCUT2D eigenvalue weighted by Crippen LogP contribution is 2.34. The topological polar surface area (TPSA) is 98.2 Å². The van der Waals surface area contributed by atoms with Crippen LogP contribution in [0, 0.1) is 17.1 Å². The number of ether oxygens (including phenoxy) is 2. The van der Waals surface area contributed by atoms with Gasteiger partial charge in [-0.1, -0.05) is 12.1 Å². The first kappa shape index (κ1) is 22.4. The molecule has 0 spiro atoms. The molecule has 0 amide bonds. The number of hydrogen-bond donors (Lipinski definition) is 0. The van der Waals surface area contributed by atoms with E-state index in [0.29, 0.717) is 47.9 Å². The van der Waals surface area contributed by atoms with Gasteiger partial charge in [0.25, 0.3) is 0 Å². The van der Waals surface area contributed by atoms with Crippen molar-refractivity contribution in [2.75, 3.05) is 32.2 Å². The Hall–Kier alpha value is -4.39. The summed E-state index contributed by atoms with van der Waals surface area (Å²) in [6.07, 6.45) is 3.69. The maximum absolute atomic E-state index is 14.7. The van der Waals surface area contributed by atoms with Crippen LogP contribution in [0.2, 0.25) is 0 Å².